The van der Waals surface area contributed by atoms with Crippen LogP contribution in [0.5, 0.6) is 0 Å². The van der Waals surface area contributed by atoms with Gasteiger partial charge in [0.25, 0.3) is 0 Å². The molecule has 0 aliphatic carbocycles. The van der Waals surface area contributed by atoms with E-state index in [9.17, 15) is 14.7 Å². The van der Waals surface area contributed by atoms with Crippen molar-refractivity contribution < 1.29 is 14.7 Å². The first-order chi connectivity index (χ1) is 11.8. The molecule has 7 heteroatoms. The fourth-order valence-electron chi connectivity index (χ4n) is 3.27. The van der Waals surface area contributed by atoms with Crippen LogP contribution in [0.15, 0.2) is 6.08 Å². The Morgan fingerprint density at radius 1 is 1.40 bits per heavy atom. The van der Waals surface area contributed by atoms with Crippen LogP contribution in [-0.4, -0.2) is 57.3 Å². The summed E-state index contributed by atoms with van der Waals surface area (Å²) in [6, 6.07) is 0. The third kappa shape index (κ3) is 4.69. The predicted octanol–water partition coefficient (Wildman–Crippen LogP) is 0.930. The molecule has 0 aromatic carbocycles. The van der Waals surface area contributed by atoms with Gasteiger partial charge in [-0.15, -0.1) is 0 Å². The van der Waals surface area contributed by atoms with Crippen LogP contribution in [0.2, 0.25) is 0 Å². The highest BCUT2D eigenvalue weighted by atomic mass is 16.3. The highest BCUT2D eigenvalue weighted by molar-refractivity contribution is 5.92. The lowest BCUT2D eigenvalue weighted by molar-refractivity contribution is -0.134. The molecule has 0 saturated carbocycles. The smallest absolute Gasteiger partial charge is 0.246 e. The molecule has 0 radical (unpaired) electrons. The zero-order chi connectivity index (χ0) is 18.6. The predicted molar refractivity (Wildman–Crippen MR) is 95.8 cm³/mol. The first kappa shape index (κ1) is 19.2. The number of aliphatic hydroxyl groups is 1. The van der Waals surface area contributed by atoms with E-state index in [1.165, 1.54) is 0 Å². The van der Waals surface area contributed by atoms with Crippen LogP contribution in [0, 0.1) is 13.8 Å². The van der Waals surface area contributed by atoms with Crippen LogP contribution in [0.25, 0.3) is 6.08 Å². The SMILES string of the molecule is CNC(=O)CC[C@]1(O)CCCN(C(=O)/C=C/c2c(C)nn(C)c2C)C1. The number of rotatable bonds is 5. The molecule has 2 rings (SSSR count). The van der Waals surface area contributed by atoms with E-state index in [1.54, 1.807) is 28.8 Å². The van der Waals surface area contributed by atoms with Gasteiger partial charge in [-0.25, -0.2) is 0 Å². The maximum atomic E-state index is 12.5. The maximum Gasteiger partial charge on any atom is 0.246 e. The Kier molecular flexibility index (Phi) is 6.00. The summed E-state index contributed by atoms with van der Waals surface area (Å²) in [5.74, 6) is -0.222. The second kappa shape index (κ2) is 7.82. The molecule has 1 aromatic rings. The van der Waals surface area contributed by atoms with Gasteiger partial charge in [-0.05, 0) is 39.2 Å². The zero-order valence-corrected chi connectivity index (χ0v) is 15.5. The Labute approximate surface area is 148 Å². The number of amides is 2. The van der Waals surface area contributed by atoms with Crippen LogP contribution in [0.3, 0.4) is 0 Å². The van der Waals surface area contributed by atoms with E-state index in [1.807, 2.05) is 20.9 Å². The summed E-state index contributed by atoms with van der Waals surface area (Å²) in [4.78, 5) is 25.6. The van der Waals surface area contributed by atoms with Crippen molar-refractivity contribution in [3.8, 4) is 0 Å². The van der Waals surface area contributed by atoms with Gasteiger partial charge in [0.1, 0.15) is 0 Å². The number of β-amino-alcohol motifs (C(OH)–C–C–N with tert-alkyl or cyclic N) is 1. The normalized spacial score (nSPS) is 20.9. The largest absolute Gasteiger partial charge is 0.388 e. The fourth-order valence-corrected chi connectivity index (χ4v) is 3.27. The highest BCUT2D eigenvalue weighted by Gasteiger charge is 2.34. The number of aryl methyl sites for hydroxylation is 2. The second-order valence-electron chi connectivity index (χ2n) is 6.80. The number of hydrogen-bond donors (Lipinski definition) is 2. The van der Waals surface area contributed by atoms with E-state index in [2.05, 4.69) is 10.4 Å². The van der Waals surface area contributed by atoms with Gasteiger partial charge in [-0.2, -0.15) is 5.10 Å². The fraction of sp³-hybridized carbons (Fsp3) is 0.611. The van der Waals surface area contributed by atoms with Crippen molar-refractivity contribution in [2.75, 3.05) is 20.1 Å². The molecular weight excluding hydrogens is 320 g/mol. The van der Waals surface area contributed by atoms with Crippen LogP contribution in [-0.2, 0) is 16.6 Å². The Bertz CT molecular complexity index is 680. The molecule has 2 N–H and O–H groups in total. The number of carbonyl (C=O) groups excluding carboxylic acids is 2. The van der Waals surface area contributed by atoms with E-state index < -0.39 is 5.60 Å². The number of hydrogen-bond acceptors (Lipinski definition) is 4. The number of piperidine rings is 1. The van der Waals surface area contributed by atoms with E-state index >= 15 is 0 Å². The molecule has 1 aromatic heterocycles. The number of nitrogens with one attached hydrogen (secondary N) is 1. The quantitative estimate of drug-likeness (QED) is 0.775. The summed E-state index contributed by atoms with van der Waals surface area (Å²) >= 11 is 0. The van der Waals surface area contributed by atoms with E-state index in [0.717, 1.165) is 23.4 Å². The Morgan fingerprint density at radius 2 is 2.12 bits per heavy atom. The molecule has 25 heavy (non-hydrogen) atoms. The molecule has 0 spiro atoms. The van der Waals surface area contributed by atoms with Gasteiger partial charge in [0.2, 0.25) is 11.8 Å². The van der Waals surface area contributed by atoms with Crippen LogP contribution in [0.4, 0.5) is 0 Å². The van der Waals surface area contributed by atoms with Gasteiger partial charge in [0.05, 0.1) is 11.3 Å². The van der Waals surface area contributed by atoms with E-state index in [4.69, 9.17) is 0 Å². The summed E-state index contributed by atoms with van der Waals surface area (Å²) in [7, 11) is 3.45. The Balaban J connectivity index is 2.01. The molecule has 138 valence electrons. The summed E-state index contributed by atoms with van der Waals surface area (Å²) in [6.07, 6.45) is 5.30. The van der Waals surface area contributed by atoms with Gasteiger partial charge >= 0.3 is 0 Å². The van der Waals surface area contributed by atoms with Gasteiger partial charge in [-0.1, -0.05) is 0 Å². The minimum Gasteiger partial charge on any atom is -0.388 e. The number of carbonyl (C=O) groups is 2. The monoisotopic (exact) mass is 348 g/mol. The first-order valence-electron chi connectivity index (χ1n) is 8.66. The zero-order valence-electron chi connectivity index (χ0n) is 15.5. The lowest BCUT2D eigenvalue weighted by Gasteiger charge is -2.38. The minimum absolute atomic E-state index is 0.0979. The average Bonchev–Trinajstić information content (AvgIpc) is 2.83. The molecule has 1 aliphatic rings. The van der Waals surface area contributed by atoms with Gasteiger partial charge in [0, 0.05) is 50.9 Å². The van der Waals surface area contributed by atoms with Crippen molar-refractivity contribution >= 4 is 17.9 Å². The molecule has 1 saturated heterocycles. The van der Waals surface area contributed by atoms with Gasteiger partial charge < -0.3 is 15.3 Å². The molecule has 7 nitrogen and oxygen atoms in total. The van der Waals surface area contributed by atoms with Crippen molar-refractivity contribution in [2.24, 2.45) is 7.05 Å². The molecular formula is C18H28N4O3. The molecule has 2 amide bonds. The standard InChI is InChI=1S/C18H28N4O3/c1-13-15(14(2)21(4)20-13)6-7-17(24)22-11-5-9-18(25,12-22)10-8-16(23)19-3/h6-7,25H,5,8-12H2,1-4H3,(H,19,23)/b7-6+/t18-/m1/s1. The van der Waals surface area contributed by atoms with Crippen LogP contribution < -0.4 is 5.32 Å². The second-order valence-corrected chi connectivity index (χ2v) is 6.80. The molecule has 1 aliphatic heterocycles. The van der Waals surface area contributed by atoms with Crippen LogP contribution >= 0.6 is 0 Å². The molecule has 1 atom stereocenters. The summed E-state index contributed by atoms with van der Waals surface area (Å²) in [6.45, 7) is 4.76. The van der Waals surface area contributed by atoms with Gasteiger partial charge in [-0.3, -0.25) is 14.3 Å². The topological polar surface area (TPSA) is 87.5 Å². The third-order valence-corrected chi connectivity index (χ3v) is 4.92. The lowest BCUT2D eigenvalue weighted by Crippen LogP contribution is -2.50. The number of nitrogens with zero attached hydrogens (tertiary/aromatic N) is 3. The Hall–Kier alpha value is -2.15. The summed E-state index contributed by atoms with van der Waals surface area (Å²) in [5.41, 5.74) is 1.84. The number of aromatic nitrogens is 2. The lowest BCUT2D eigenvalue weighted by atomic mass is 9.88. The summed E-state index contributed by atoms with van der Waals surface area (Å²) < 4.78 is 1.79. The molecule has 1 fully saturated rings. The minimum atomic E-state index is -0.992. The van der Waals surface area contributed by atoms with Crippen LogP contribution in [0.1, 0.15) is 42.6 Å². The van der Waals surface area contributed by atoms with Crippen molar-refractivity contribution in [1.82, 2.24) is 20.0 Å². The van der Waals surface area contributed by atoms with Crippen molar-refractivity contribution in [2.45, 2.75) is 45.1 Å². The molecule has 2 heterocycles. The maximum absolute atomic E-state index is 12.5. The molecule has 0 bridgehead atoms. The van der Waals surface area contributed by atoms with E-state index in [0.29, 0.717) is 19.4 Å². The summed E-state index contributed by atoms with van der Waals surface area (Å²) in [5, 5.41) is 17.6. The van der Waals surface area contributed by atoms with Crippen molar-refractivity contribution in [3.63, 3.8) is 0 Å². The average molecular weight is 348 g/mol. The number of likely N-dealkylation sites (tertiary alicyclic amines) is 1. The third-order valence-electron chi connectivity index (χ3n) is 4.92. The Morgan fingerprint density at radius 3 is 2.72 bits per heavy atom. The molecule has 0 unspecified atom stereocenters. The van der Waals surface area contributed by atoms with Gasteiger partial charge in [0.15, 0.2) is 0 Å². The van der Waals surface area contributed by atoms with E-state index in [-0.39, 0.29) is 24.8 Å². The highest BCUT2D eigenvalue weighted by Crippen LogP contribution is 2.26. The van der Waals surface area contributed by atoms with Crippen molar-refractivity contribution in [1.29, 1.82) is 0 Å². The van der Waals surface area contributed by atoms with Crippen molar-refractivity contribution in [3.05, 3.63) is 23.0 Å². The first-order valence-corrected chi connectivity index (χ1v) is 8.66.